The van der Waals surface area contributed by atoms with Crippen LogP contribution >= 0.6 is 0 Å². The molecule has 3 nitrogen and oxygen atoms in total. The number of carbonyl (C=O) groups excluding carboxylic acids is 1. The number of carbonyl (C=O) groups is 1. The van der Waals surface area contributed by atoms with Crippen LogP contribution in [0.4, 0.5) is 5.69 Å². The summed E-state index contributed by atoms with van der Waals surface area (Å²) in [5.41, 5.74) is 3.75. The molecule has 0 fully saturated rings. The molecule has 0 N–H and O–H groups in total. The highest BCUT2D eigenvalue weighted by Crippen LogP contribution is 2.31. The van der Waals surface area contributed by atoms with E-state index in [1.54, 1.807) is 0 Å². The Labute approximate surface area is 128 Å². The summed E-state index contributed by atoms with van der Waals surface area (Å²) in [6.45, 7) is 10.7. The van der Waals surface area contributed by atoms with Crippen molar-refractivity contribution in [2.75, 3.05) is 31.1 Å². The minimum Gasteiger partial charge on any atom is -0.312 e. The van der Waals surface area contributed by atoms with Crippen molar-refractivity contribution in [3.05, 3.63) is 29.3 Å². The first-order valence-corrected chi connectivity index (χ1v) is 8.34. The molecule has 0 bridgehead atoms. The van der Waals surface area contributed by atoms with E-state index in [4.69, 9.17) is 0 Å². The second-order valence-corrected chi connectivity index (χ2v) is 5.82. The van der Waals surface area contributed by atoms with Gasteiger partial charge in [0.05, 0.1) is 6.42 Å². The third-order valence-corrected chi connectivity index (χ3v) is 4.26. The zero-order valence-electron chi connectivity index (χ0n) is 13.7. The minimum absolute atomic E-state index is 0.249. The number of nitrogens with zero attached hydrogens (tertiary/aromatic N) is 2. The Balaban J connectivity index is 2.08. The van der Waals surface area contributed by atoms with Crippen molar-refractivity contribution in [3.8, 4) is 0 Å². The molecule has 116 valence electrons. The zero-order chi connectivity index (χ0) is 15.2. The Morgan fingerprint density at radius 2 is 1.81 bits per heavy atom. The highest BCUT2D eigenvalue weighted by atomic mass is 16.2. The molecule has 0 saturated carbocycles. The van der Waals surface area contributed by atoms with Gasteiger partial charge in [0.2, 0.25) is 5.91 Å². The van der Waals surface area contributed by atoms with Crippen molar-refractivity contribution in [3.63, 3.8) is 0 Å². The number of amides is 1. The Bertz CT molecular complexity index is 478. The fourth-order valence-corrected chi connectivity index (χ4v) is 3.29. The molecule has 0 unspecified atom stereocenters. The molecular weight excluding hydrogens is 260 g/mol. The van der Waals surface area contributed by atoms with Crippen LogP contribution < -0.4 is 4.90 Å². The normalized spacial score (nSPS) is 14.1. The first-order valence-electron chi connectivity index (χ1n) is 8.34. The molecule has 0 radical (unpaired) electrons. The Hall–Kier alpha value is -1.35. The van der Waals surface area contributed by atoms with Crippen molar-refractivity contribution >= 4 is 11.6 Å². The molecule has 0 aliphatic carbocycles. The van der Waals surface area contributed by atoms with Gasteiger partial charge in [-0.15, -0.1) is 0 Å². The van der Waals surface area contributed by atoms with Gasteiger partial charge >= 0.3 is 0 Å². The third-order valence-electron chi connectivity index (χ3n) is 4.26. The third kappa shape index (κ3) is 3.65. The SMILES string of the molecule is CCCN(CCC)CCc1cccc2c1CC(=O)N2CC. The number of hydrogen-bond acceptors (Lipinski definition) is 2. The molecule has 0 aromatic heterocycles. The van der Waals surface area contributed by atoms with E-state index in [2.05, 4.69) is 36.9 Å². The molecule has 1 heterocycles. The second-order valence-electron chi connectivity index (χ2n) is 5.82. The summed E-state index contributed by atoms with van der Waals surface area (Å²) < 4.78 is 0. The molecule has 1 aromatic rings. The number of fused-ring (bicyclic) bond motifs is 1. The summed E-state index contributed by atoms with van der Waals surface area (Å²) in [5, 5.41) is 0. The van der Waals surface area contributed by atoms with Crippen LogP contribution in [0.5, 0.6) is 0 Å². The van der Waals surface area contributed by atoms with Crippen LogP contribution in [-0.4, -0.2) is 37.0 Å². The van der Waals surface area contributed by atoms with Gasteiger partial charge in [0.1, 0.15) is 0 Å². The topological polar surface area (TPSA) is 23.6 Å². The van der Waals surface area contributed by atoms with Gasteiger partial charge < -0.3 is 9.80 Å². The lowest BCUT2D eigenvalue weighted by Gasteiger charge is -2.21. The van der Waals surface area contributed by atoms with Crippen LogP contribution in [0.2, 0.25) is 0 Å². The number of rotatable bonds is 8. The molecule has 3 heteroatoms. The molecular formula is C18H28N2O. The van der Waals surface area contributed by atoms with Crippen molar-refractivity contribution in [1.82, 2.24) is 4.90 Å². The summed E-state index contributed by atoms with van der Waals surface area (Å²) in [6, 6.07) is 6.38. The van der Waals surface area contributed by atoms with Gasteiger partial charge in [-0.2, -0.15) is 0 Å². The quantitative estimate of drug-likeness (QED) is 0.733. The van der Waals surface area contributed by atoms with Crippen LogP contribution in [0, 0.1) is 0 Å². The molecule has 0 spiro atoms. The average Bonchev–Trinajstić information content (AvgIpc) is 2.81. The van der Waals surface area contributed by atoms with E-state index in [1.165, 1.54) is 37.1 Å². The van der Waals surface area contributed by atoms with Crippen LogP contribution in [0.3, 0.4) is 0 Å². The average molecular weight is 288 g/mol. The van der Waals surface area contributed by atoms with E-state index >= 15 is 0 Å². The molecule has 0 saturated heterocycles. The maximum atomic E-state index is 12.1. The molecule has 1 aliphatic heterocycles. The van der Waals surface area contributed by atoms with Crippen molar-refractivity contribution in [2.24, 2.45) is 0 Å². The van der Waals surface area contributed by atoms with Crippen LogP contribution in [0.25, 0.3) is 0 Å². The van der Waals surface area contributed by atoms with E-state index in [1.807, 2.05) is 11.8 Å². The summed E-state index contributed by atoms with van der Waals surface area (Å²) in [5.74, 6) is 0.249. The summed E-state index contributed by atoms with van der Waals surface area (Å²) in [7, 11) is 0. The molecule has 1 aromatic carbocycles. The monoisotopic (exact) mass is 288 g/mol. The number of hydrogen-bond donors (Lipinski definition) is 0. The number of benzene rings is 1. The van der Waals surface area contributed by atoms with Gasteiger partial charge in [-0.05, 0) is 56.5 Å². The fourth-order valence-electron chi connectivity index (χ4n) is 3.29. The highest BCUT2D eigenvalue weighted by Gasteiger charge is 2.27. The number of likely N-dealkylation sites (N-methyl/N-ethyl adjacent to an activating group) is 1. The summed E-state index contributed by atoms with van der Waals surface area (Å²) in [4.78, 5) is 16.5. The lowest BCUT2D eigenvalue weighted by molar-refractivity contribution is -0.117. The second kappa shape index (κ2) is 7.60. The van der Waals surface area contributed by atoms with Gasteiger partial charge in [-0.25, -0.2) is 0 Å². The first-order chi connectivity index (χ1) is 10.2. The maximum Gasteiger partial charge on any atom is 0.231 e. The van der Waals surface area contributed by atoms with Gasteiger partial charge in [-0.1, -0.05) is 26.0 Å². The first kappa shape index (κ1) is 16.0. The van der Waals surface area contributed by atoms with Gasteiger partial charge in [0.25, 0.3) is 0 Å². The fraction of sp³-hybridized carbons (Fsp3) is 0.611. The molecule has 1 amide bonds. The Kier molecular flexibility index (Phi) is 5.80. The van der Waals surface area contributed by atoms with Gasteiger partial charge in [0.15, 0.2) is 0 Å². The van der Waals surface area contributed by atoms with Crippen molar-refractivity contribution in [1.29, 1.82) is 0 Å². The Morgan fingerprint density at radius 1 is 1.10 bits per heavy atom. The Morgan fingerprint density at radius 3 is 2.43 bits per heavy atom. The van der Waals surface area contributed by atoms with E-state index in [0.29, 0.717) is 6.42 Å². The molecule has 0 atom stereocenters. The van der Waals surface area contributed by atoms with Crippen LogP contribution in [0.1, 0.15) is 44.7 Å². The van der Waals surface area contributed by atoms with Gasteiger partial charge in [-0.3, -0.25) is 4.79 Å². The van der Waals surface area contributed by atoms with Crippen molar-refractivity contribution in [2.45, 2.75) is 46.5 Å². The van der Waals surface area contributed by atoms with E-state index in [-0.39, 0.29) is 5.91 Å². The lowest BCUT2D eigenvalue weighted by atomic mass is 10.0. The smallest absolute Gasteiger partial charge is 0.231 e. The maximum absolute atomic E-state index is 12.1. The lowest BCUT2D eigenvalue weighted by Crippen LogP contribution is -2.28. The summed E-state index contributed by atoms with van der Waals surface area (Å²) >= 11 is 0. The molecule has 2 rings (SSSR count). The van der Waals surface area contributed by atoms with E-state index in [9.17, 15) is 4.79 Å². The molecule has 1 aliphatic rings. The highest BCUT2D eigenvalue weighted by molar-refractivity contribution is 6.01. The standard InChI is InChI=1S/C18H28N2O/c1-4-11-19(12-5-2)13-10-15-8-7-9-17-16(15)14-18(21)20(17)6-3/h7-9H,4-6,10-14H2,1-3H3. The van der Waals surface area contributed by atoms with E-state index < -0.39 is 0 Å². The largest absolute Gasteiger partial charge is 0.312 e. The van der Waals surface area contributed by atoms with Crippen LogP contribution in [-0.2, 0) is 17.6 Å². The number of anilines is 1. The van der Waals surface area contributed by atoms with Crippen molar-refractivity contribution < 1.29 is 4.79 Å². The molecule has 21 heavy (non-hydrogen) atoms. The predicted octanol–water partition coefficient (Wildman–Crippen LogP) is 3.26. The van der Waals surface area contributed by atoms with Crippen LogP contribution in [0.15, 0.2) is 18.2 Å². The van der Waals surface area contributed by atoms with E-state index in [0.717, 1.165) is 25.2 Å². The summed E-state index contributed by atoms with van der Waals surface area (Å²) in [6.07, 6.45) is 4.04. The minimum atomic E-state index is 0.249. The zero-order valence-corrected chi connectivity index (χ0v) is 13.7. The van der Waals surface area contributed by atoms with Gasteiger partial charge in [0, 0.05) is 18.8 Å². The predicted molar refractivity (Wildman–Crippen MR) is 88.9 cm³/mol.